The van der Waals surface area contributed by atoms with E-state index >= 15 is 0 Å². The van der Waals surface area contributed by atoms with Crippen molar-refractivity contribution in [2.24, 2.45) is 0 Å². The van der Waals surface area contributed by atoms with E-state index in [-0.39, 0.29) is 35.7 Å². The Bertz CT molecular complexity index is 1490. The number of allylic oxidation sites excluding steroid dienone is 2. The van der Waals surface area contributed by atoms with Gasteiger partial charge in [0, 0.05) is 37.1 Å². The zero-order valence-corrected chi connectivity index (χ0v) is 25.1. The fraction of sp³-hybridized carbons (Fsp3) is 0.556. The molecule has 0 saturated carbocycles. The summed E-state index contributed by atoms with van der Waals surface area (Å²) >= 11 is 0. The van der Waals surface area contributed by atoms with Crippen LogP contribution in [0.25, 0.3) is 0 Å². The topological polar surface area (TPSA) is 117 Å². The molecule has 0 spiro atoms. The van der Waals surface area contributed by atoms with E-state index in [4.69, 9.17) is 14.2 Å². The Hall–Kier alpha value is -4.11. The van der Waals surface area contributed by atoms with Crippen LogP contribution in [-0.4, -0.2) is 79.6 Å². The lowest BCUT2D eigenvalue weighted by atomic mass is 9.80. The number of hydrogen-bond acceptors (Lipinski definition) is 8. The molecule has 0 bridgehead atoms. The highest BCUT2D eigenvalue weighted by atomic mass is 19.4. The zero-order valence-electron chi connectivity index (χ0n) is 25.1. The molecule has 49 heavy (non-hydrogen) atoms. The van der Waals surface area contributed by atoms with Crippen LogP contribution in [-0.2, 0) is 23.8 Å². The number of alkyl halides is 13. The number of ether oxygens (including phenoxy) is 3. The second-order valence-electron chi connectivity index (χ2n) is 10.4. The molecule has 0 fully saturated rings. The summed E-state index contributed by atoms with van der Waals surface area (Å²) < 4.78 is 189. The van der Waals surface area contributed by atoms with Gasteiger partial charge in [0.25, 0.3) is 5.69 Å². The number of nitro groups is 1. The number of nitrogens with one attached hydrogen (secondary N) is 1. The van der Waals surface area contributed by atoms with Gasteiger partial charge in [-0.3, -0.25) is 10.1 Å². The number of methoxy groups -OCH3 is 1. The first-order valence-electron chi connectivity index (χ1n) is 13.4. The smallest absolute Gasteiger partial charge is 0.460 e. The zero-order chi connectivity index (χ0) is 38.0. The molecule has 0 saturated heterocycles. The van der Waals surface area contributed by atoms with Crippen LogP contribution in [0.4, 0.5) is 62.8 Å². The van der Waals surface area contributed by atoms with Gasteiger partial charge in [0.1, 0.15) is 6.61 Å². The summed E-state index contributed by atoms with van der Waals surface area (Å²) in [7, 11) is 1.27. The minimum Gasteiger partial charge on any atom is -0.462 e. The average molecular weight is 736 g/mol. The van der Waals surface area contributed by atoms with Gasteiger partial charge < -0.3 is 19.5 Å². The number of dihydropyridines is 1. The third kappa shape index (κ3) is 7.72. The summed E-state index contributed by atoms with van der Waals surface area (Å²) in [4.78, 5) is 36.8. The predicted octanol–water partition coefficient (Wildman–Crippen LogP) is 7.08. The lowest BCUT2D eigenvalue weighted by Crippen LogP contribution is -2.70. The summed E-state index contributed by atoms with van der Waals surface area (Å²) in [5.41, 5.74) is -1.50. The van der Waals surface area contributed by atoms with Gasteiger partial charge in [0.05, 0.1) is 35.2 Å². The maximum Gasteiger partial charge on any atom is 0.460 e. The van der Waals surface area contributed by atoms with Gasteiger partial charge in [-0.25, -0.2) is 9.59 Å². The lowest BCUT2D eigenvalue weighted by molar-refractivity contribution is -0.440. The molecule has 1 aliphatic heterocycles. The van der Waals surface area contributed by atoms with Gasteiger partial charge in [-0.1, -0.05) is 12.1 Å². The summed E-state index contributed by atoms with van der Waals surface area (Å²) in [5.74, 6) is -41.9. The molecule has 0 radical (unpaired) electrons. The molecule has 1 heterocycles. The van der Waals surface area contributed by atoms with Gasteiger partial charge in [-0.15, -0.1) is 0 Å². The molecule has 1 aromatic carbocycles. The van der Waals surface area contributed by atoms with Crippen molar-refractivity contribution in [3.8, 4) is 0 Å². The molecular weight excluding hydrogens is 711 g/mol. The van der Waals surface area contributed by atoms with Gasteiger partial charge in [-0.2, -0.15) is 57.1 Å². The number of halogens is 13. The number of nitrogens with zero attached hydrogens (tertiary/aromatic N) is 1. The van der Waals surface area contributed by atoms with Crippen LogP contribution in [0.1, 0.15) is 38.2 Å². The maximum absolute atomic E-state index is 14.2. The third-order valence-electron chi connectivity index (χ3n) is 7.00. The Kier molecular flexibility index (Phi) is 12.1. The first kappa shape index (κ1) is 41.1. The predicted molar refractivity (Wildman–Crippen MR) is 138 cm³/mol. The number of benzene rings is 1. The summed E-state index contributed by atoms with van der Waals surface area (Å²) in [6.07, 6.45) is -11.7. The number of non-ortho nitro benzene ring substituents is 1. The van der Waals surface area contributed by atoms with Crippen LogP contribution >= 0.6 is 0 Å². The second-order valence-corrected chi connectivity index (χ2v) is 10.4. The fourth-order valence-corrected chi connectivity index (χ4v) is 4.48. The third-order valence-corrected chi connectivity index (χ3v) is 7.00. The van der Waals surface area contributed by atoms with Crippen molar-refractivity contribution in [3.63, 3.8) is 0 Å². The number of esters is 2. The quantitative estimate of drug-likeness (QED) is 0.0668. The molecule has 1 atom stereocenters. The molecule has 1 unspecified atom stereocenters. The normalized spacial score (nSPS) is 16.8. The van der Waals surface area contributed by atoms with Gasteiger partial charge >= 0.3 is 47.7 Å². The minimum atomic E-state index is -8.05. The number of carbonyl (C=O) groups is 2. The van der Waals surface area contributed by atoms with E-state index in [2.05, 4.69) is 5.32 Å². The molecule has 0 aromatic heterocycles. The first-order valence-corrected chi connectivity index (χ1v) is 13.4. The molecule has 0 amide bonds. The van der Waals surface area contributed by atoms with Crippen molar-refractivity contribution in [1.82, 2.24) is 5.32 Å². The molecule has 276 valence electrons. The van der Waals surface area contributed by atoms with Gasteiger partial charge in [0.15, 0.2) is 0 Å². The van der Waals surface area contributed by atoms with E-state index in [0.29, 0.717) is 0 Å². The summed E-state index contributed by atoms with van der Waals surface area (Å²) in [6.45, 7) is 0.781. The largest absolute Gasteiger partial charge is 0.462 e. The standard InChI is InChI=1S/C27H25F13N2O7/c1-13-17(19(15-6-4-7-16(12-15)42(45)46)18(14(2)41-13)21(44)49-11-10-47-3)20(43)48-9-5-8-22(28,29)23(30,31)24(32,33)25(34,35)26(36,37)27(38,39)40/h4,6-7,12,19,41H,5,8-11H2,1-3H3. The molecule has 22 heteroatoms. The van der Waals surface area contributed by atoms with E-state index < -0.39 is 89.3 Å². The highest BCUT2D eigenvalue weighted by Crippen LogP contribution is 2.60. The number of hydrogen-bond donors (Lipinski definition) is 1. The van der Waals surface area contributed by atoms with Crippen molar-refractivity contribution in [2.75, 3.05) is 26.9 Å². The molecule has 0 aliphatic carbocycles. The Balaban J connectivity index is 2.37. The monoisotopic (exact) mass is 736 g/mol. The first-order chi connectivity index (χ1) is 22.2. The highest BCUT2D eigenvalue weighted by molar-refractivity contribution is 6.00. The molecular formula is C27H25F13N2O7. The molecule has 9 nitrogen and oxygen atoms in total. The SMILES string of the molecule is COCCOC(=O)C1=C(C)NC(C)=C(C(=O)OCCCC(F)(F)C(F)(F)C(F)(F)C(F)(F)C(F)(F)C(F)(F)F)C1c1cccc([N+](=O)[O-])c1. The van der Waals surface area contributed by atoms with Gasteiger partial charge in [0.2, 0.25) is 0 Å². The minimum absolute atomic E-state index is 0.0590. The average Bonchev–Trinajstić information content (AvgIpc) is 2.97. The molecule has 1 aromatic rings. The van der Waals surface area contributed by atoms with Crippen LogP contribution in [0.5, 0.6) is 0 Å². The van der Waals surface area contributed by atoms with E-state index in [1.807, 2.05) is 0 Å². The molecule has 1 N–H and O–H groups in total. The Morgan fingerprint density at radius 3 is 1.73 bits per heavy atom. The van der Waals surface area contributed by atoms with Crippen molar-refractivity contribution in [3.05, 3.63) is 62.5 Å². The van der Waals surface area contributed by atoms with Crippen molar-refractivity contribution in [1.29, 1.82) is 0 Å². The number of rotatable bonds is 15. The van der Waals surface area contributed by atoms with Crippen LogP contribution in [0, 0.1) is 10.1 Å². The Morgan fingerprint density at radius 2 is 1.27 bits per heavy atom. The summed E-state index contributed by atoms with van der Waals surface area (Å²) in [5, 5.41) is 14.0. The van der Waals surface area contributed by atoms with E-state index in [9.17, 15) is 76.8 Å². The van der Waals surface area contributed by atoms with Crippen LogP contribution in [0.15, 0.2) is 46.8 Å². The van der Waals surface area contributed by atoms with Gasteiger partial charge in [-0.05, 0) is 25.8 Å². The Morgan fingerprint density at radius 1 is 0.776 bits per heavy atom. The van der Waals surface area contributed by atoms with E-state index in [1.54, 1.807) is 0 Å². The van der Waals surface area contributed by atoms with E-state index in [0.717, 1.165) is 12.1 Å². The Labute approximate surface area is 267 Å². The van der Waals surface area contributed by atoms with Crippen LogP contribution in [0.2, 0.25) is 0 Å². The van der Waals surface area contributed by atoms with Crippen LogP contribution < -0.4 is 5.32 Å². The van der Waals surface area contributed by atoms with Crippen molar-refractivity contribution < 1.29 is 85.8 Å². The van der Waals surface area contributed by atoms with E-state index in [1.165, 1.54) is 33.1 Å². The molecule has 1 aliphatic rings. The second kappa shape index (κ2) is 14.4. The van der Waals surface area contributed by atoms with Crippen molar-refractivity contribution in [2.45, 2.75) is 68.4 Å². The fourth-order valence-electron chi connectivity index (χ4n) is 4.48. The molecule has 2 rings (SSSR count). The van der Waals surface area contributed by atoms with Crippen molar-refractivity contribution >= 4 is 17.6 Å². The maximum atomic E-state index is 14.2. The summed E-state index contributed by atoms with van der Waals surface area (Å²) in [6, 6.07) is 4.41. The van der Waals surface area contributed by atoms with Crippen LogP contribution in [0.3, 0.4) is 0 Å². The number of carbonyl (C=O) groups excluding carboxylic acids is 2. The highest BCUT2D eigenvalue weighted by Gasteiger charge is 2.90. The number of nitro benzene ring substituents is 1. The lowest BCUT2D eigenvalue weighted by Gasteiger charge is -2.39.